The summed E-state index contributed by atoms with van der Waals surface area (Å²) < 4.78 is 6.15. The fourth-order valence-corrected chi connectivity index (χ4v) is 2.99. The van der Waals surface area contributed by atoms with Crippen LogP contribution in [0.5, 0.6) is 0 Å². The van der Waals surface area contributed by atoms with Gasteiger partial charge in [0.15, 0.2) is 0 Å². The van der Waals surface area contributed by atoms with Crippen molar-refractivity contribution in [2.45, 2.75) is 38.5 Å². The Morgan fingerprint density at radius 2 is 1.76 bits per heavy atom. The van der Waals surface area contributed by atoms with E-state index >= 15 is 0 Å². The van der Waals surface area contributed by atoms with Crippen LogP contribution in [0.15, 0.2) is 59.1 Å². The smallest absolute Gasteiger partial charge is 0.407 e. The molecule has 0 radical (unpaired) electrons. The van der Waals surface area contributed by atoms with Crippen LogP contribution in [-0.2, 0) is 16.1 Å². The second-order valence-corrected chi connectivity index (χ2v) is 7.44. The summed E-state index contributed by atoms with van der Waals surface area (Å²) in [7, 11) is 0. The quantitative estimate of drug-likeness (QED) is 0.443. The third-order valence-electron chi connectivity index (χ3n) is 4.32. The summed E-state index contributed by atoms with van der Waals surface area (Å²) in [5.41, 5.74) is 7.52. The van der Waals surface area contributed by atoms with Gasteiger partial charge in [0.2, 0.25) is 5.91 Å². The van der Waals surface area contributed by atoms with Gasteiger partial charge in [0.05, 0.1) is 6.04 Å². The Hall–Kier alpha value is -2.09. The molecule has 2 rings (SSSR count). The molecule has 0 fully saturated rings. The number of hydrogen-bond donors (Lipinski definition) is 3. The van der Waals surface area contributed by atoms with Crippen LogP contribution in [0.4, 0.5) is 4.79 Å². The molecule has 0 heterocycles. The monoisotopic (exact) mass is 483 g/mol. The summed E-state index contributed by atoms with van der Waals surface area (Å²) in [5.74, 6) is -0.407. The van der Waals surface area contributed by atoms with Gasteiger partial charge in [-0.15, -0.1) is 12.4 Å². The van der Waals surface area contributed by atoms with Crippen molar-refractivity contribution in [3.05, 3.63) is 70.2 Å². The lowest BCUT2D eigenvalue weighted by atomic mass is 10.1. The third kappa shape index (κ3) is 9.30. The number of alkyl carbamates (subject to hydrolysis) is 1. The van der Waals surface area contributed by atoms with Crippen LogP contribution in [0.2, 0.25) is 0 Å². The van der Waals surface area contributed by atoms with Gasteiger partial charge in [-0.05, 0) is 43.0 Å². The number of rotatable bonds is 10. The van der Waals surface area contributed by atoms with Crippen LogP contribution in [0.25, 0.3) is 0 Å². The Bertz CT molecular complexity index is 760. The van der Waals surface area contributed by atoms with Crippen LogP contribution >= 0.6 is 28.3 Å². The van der Waals surface area contributed by atoms with Gasteiger partial charge in [0.1, 0.15) is 6.61 Å². The first-order valence-electron chi connectivity index (χ1n) is 9.21. The standard InChI is InChI=1S/C21H26BrN3O3.ClH/c1-15(17-9-11-18(22)12-10-17)25-19(20(23)26)8-5-13-24-21(27)28-14-16-6-3-2-4-7-16;/h2-4,6-7,9-12,15,19,25H,5,8,13-14H2,1H3,(H2,23,26)(H,24,27);1H/t15-,19+;/m0./s1. The van der Waals surface area contributed by atoms with Crippen molar-refractivity contribution in [3.63, 3.8) is 0 Å². The number of nitrogens with one attached hydrogen (secondary N) is 2. The van der Waals surface area contributed by atoms with Gasteiger partial charge in [0.25, 0.3) is 0 Å². The normalized spacial score (nSPS) is 12.3. The van der Waals surface area contributed by atoms with Crippen LogP contribution < -0.4 is 16.4 Å². The molecule has 6 nitrogen and oxygen atoms in total. The highest BCUT2D eigenvalue weighted by Crippen LogP contribution is 2.17. The third-order valence-corrected chi connectivity index (χ3v) is 4.84. The Labute approximate surface area is 186 Å². The van der Waals surface area contributed by atoms with E-state index in [4.69, 9.17) is 10.5 Å². The van der Waals surface area contributed by atoms with E-state index in [1.807, 2.05) is 61.5 Å². The molecule has 0 saturated carbocycles. The van der Waals surface area contributed by atoms with Crippen LogP contribution in [0.3, 0.4) is 0 Å². The molecule has 0 spiro atoms. The van der Waals surface area contributed by atoms with E-state index in [1.54, 1.807) is 0 Å². The first-order chi connectivity index (χ1) is 13.5. The van der Waals surface area contributed by atoms with Crippen molar-refractivity contribution in [1.82, 2.24) is 10.6 Å². The van der Waals surface area contributed by atoms with Crippen molar-refractivity contribution < 1.29 is 14.3 Å². The van der Waals surface area contributed by atoms with E-state index in [0.717, 1.165) is 15.6 Å². The highest BCUT2D eigenvalue weighted by Gasteiger charge is 2.18. The molecule has 0 saturated heterocycles. The molecule has 0 aliphatic rings. The molecule has 2 aromatic carbocycles. The number of ether oxygens (including phenoxy) is 1. The van der Waals surface area contributed by atoms with Crippen LogP contribution in [-0.4, -0.2) is 24.6 Å². The predicted octanol–water partition coefficient (Wildman–Crippen LogP) is 4.08. The lowest BCUT2D eigenvalue weighted by Crippen LogP contribution is -2.43. The fraction of sp³-hybridized carbons (Fsp3) is 0.333. The zero-order valence-corrected chi connectivity index (χ0v) is 18.7. The van der Waals surface area contributed by atoms with Gasteiger partial charge in [-0.3, -0.25) is 10.1 Å². The van der Waals surface area contributed by atoms with Gasteiger partial charge in [-0.2, -0.15) is 0 Å². The second kappa shape index (κ2) is 13.2. The van der Waals surface area contributed by atoms with E-state index < -0.39 is 18.0 Å². The highest BCUT2D eigenvalue weighted by molar-refractivity contribution is 9.10. The molecule has 0 bridgehead atoms. The number of amides is 2. The van der Waals surface area contributed by atoms with Gasteiger partial charge in [-0.1, -0.05) is 58.4 Å². The van der Waals surface area contributed by atoms with Crippen LogP contribution in [0.1, 0.15) is 36.9 Å². The summed E-state index contributed by atoms with van der Waals surface area (Å²) >= 11 is 3.41. The number of halogens is 2. The molecular weight excluding hydrogens is 458 g/mol. The Morgan fingerprint density at radius 1 is 1.10 bits per heavy atom. The number of hydrogen-bond acceptors (Lipinski definition) is 4. The average molecular weight is 485 g/mol. The predicted molar refractivity (Wildman–Crippen MR) is 120 cm³/mol. The first kappa shape index (κ1) is 24.9. The van der Waals surface area contributed by atoms with Crippen molar-refractivity contribution in [1.29, 1.82) is 0 Å². The van der Waals surface area contributed by atoms with Crippen molar-refractivity contribution >= 4 is 40.3 Å². The number of carbonyl (C=O) groups is 2. The lowest BCUT2D eigenvalue weighted by molar-refractivity contribution is -0.120. The number of carbonyl (C=O) groups excluding carboxylic acids is 2. The Morgan fingerprint density at radius 3 is 2.38 bits per heavy atom. The average Bonchev–Trinajstić information content (AvgIpc) is 2.69. The number of nitrogens with two attached hydrogens (primary N) is 1. The molecule has 2 aromatic rings. The van der Waals surface area contributed by atoms with Gasteiger partial charge in [-0.25, -0.2) is 4.79 Å². The number of primary amides is 1. The van der Waals surface area contributed by atoms with Crippen molar-refractivity contribution in [2.24, 2.45) is 5.73 Å². The van der Waals surface area contributed by atoms with E-state index in [0.29, 0.717) is 19.4 Å². The molecule has 4 N–H and O–H groups in total. The maximum absolute atomic E-state index is 11.7. The molecular formula is C21H27BrClN3O3. The minimum atomic E-state index is -0.476. The molecule has 0 unspecified atom stereocenters. The zero-order chi connectivity index (χ0) is 20.4. The fourth-order valence-electron chi connectivity index (χ4n) is 2.73. The molecule has 0 aromatic heterocycles. The van der Waals surface area contributed by atoms with Gasteiger partial charge in [0, 0.05) is 17.1 Å². The van der Waals surface area contributed by atoms with E-state index in [-0.39, 0.29) is 25.1 Å². The van der Waals surface area contributed by atoms with Crippen molar-refractivity contribution in [3.8, 4) is 0 Å². The number of benzene rings is 2. The molecule has 29 heavy (non-hydrogen) atoms. The SMILES string of the molecule is C[C@H](N[C@H](CCCNC(=O)OCc1ccccc1)C(N)=O)c1ccc(Br)cc1.Cl. The van der Waals surface area contributed by atoms with Gasteiger partial charge < -0.3 is 15.8 Å². The van der Waals surface area contributed by atoms with E-state index in [9.17, 15) is 9.59 Å². The topological polar surface area (TPSA) is 93.4 Å². The summed E-state index contributed by atoms with van der Waals surface area (Å²) in [4.78, 5) is 23.5. The molecule has 8 heteroatoms. The zero-order valence-electron chi connectivity index (χ0n) is 16.3. The molecule has 158 valence electrons. The van der Waals surface area contributed by atoms with E-state index in [2.05, 4.69) is 26.6 Å². The molecule has 0 aliphatic heterocycles. The molecule has 0 aliphatic carbocycles. The summed E-state index contributed by atoms with van der Waals surface area (Å²) in [6, 6.07) is 16.9. The van der Waals surface area contributed by atoms with Gasteiger partial charge >= 0.3 is 6.09 Å². The minimum absolute atomic E-state index is 0. The minimum Gasteiger partial charge on any atom is -0.445 e. The Balaban J connectivity index is 0.00000420. The lowest BCUT2D eigenvalue weighted by Gasteiger charge is -2.21. The largest absolute Gasteiger partial charge is 0.445 e. The second-order valence-electron chi connectivity index (χ2n) is 6.53. The first-order valence-corrected chi connectivity index (χ1v) is 10.0. The maximum Gasteiger partial charge on any atom is 0.407 e. The highest BCUT2D eigenvalue weighted by atomic mass is 79.9. The summed E-state index contributed by atoms with van der Waals surface area (Å²) in [6.45, 7) is 2.62. The summed E-state index contributed by atoms with van der Waals surface area (Å²) in [5, 5.41) is 5.95. The molecule has 2 amide bonds. The van der Waals surface area contributed by atoms with E-state index in [1.165, 1.54) is 0 Å². The molecule has 2 atom stereocenters. The maximum atomic E-state index is 11.7. The van der Waals surface area contributed by atoms with Crippen LogP contribution in [0, 0.1) is 0 Å². The Kier molecular flexibility index (Phi) is 11.3. The summed E-state index contributed by atoms with van der Waals surface area (Å²) in [6.07, 6.45) is 0.652. The van der Waals surface area contributed by atoms with Crippen molar-refractivity contribution in [2.75, 3.05) is 6.54 Å².